The maximum Gasteiger partial charge on any atom is 0.328 e. The van der Waals surface area contributed by atoms with E-state index in [2.05, 4.69) is 4.98 Å². The second kappa shape index (κ2) is 11.1. The molecule has 1 saturated heterocycles. The lowest BCUT2D eigenvalue weighted by atomic mass is 9.85. The number of carbonyl (C=O) groups is 3. The lowest BCUT2D eigenvalue weighted by molar-refractivity contribution is -0.155. The molecule has 0 unspecified atom stereocenters. The molecule has 158 valence electrons. The van der Waals surface area contributed by atoms with Gasteiger partial charge in [-0.05, 0) is 49.7 Å². The van der Waals surface area contributed by atoms with Crippen LogP contribution in [0.15, 0.2) is 24.5 Å². The van der Waals surface area contributed by atoms with Crippen LogP contribution < -0.4 is 0 Å². The Labute approximate surface area is 173 Å². The van der Waals surface area contributed by atoms with E-state index in [-0.39, 0.29) is 11.8 Å². The first-order valence-electron chi connectivity index (χ1n) is 11.0. The Morgan fingerprint density at radius 1 is 1.10 bits per heavy atom. The highest BCUT2D eigenvalue weighted by Gasteiger charge is 2.37. The van der Waals surface area contributed by atoms with Crippen LogP contribution in [0.3, 0.4) is 0 Å². The van der Waals surface area contributed by atoms with E-state index in [9.17, 15) is 14.4 Å². The molecule has 29 heavy (non-hydrogen) atoms. The number of pyridine rings is 1. The fraction of sp³-hybridized carbons (Fsp3) is 0.652. The van der Waals surface area contributed by atoms with Gasteiger partial charge in [0.1, 0.15) is 6.04 Å². The van der Waals surface area contributed by atoms with Crippen LogP contribution in [-0.2, 0) is 25.5 Å². The zero-order chi connectivity index (χ0) is 20.5. The lowest BCUT2D eigenvalue weighted by Gasteiger charge is -2.24. The van der Waals surface area contributed by atoms with Crippen molar-refractivity contribution in [1.29, 1.82) is 0 Å². The number of nitrogens with zero attached hydrogens (tertiary/aromatic N) is 2. The van der Waals surface area contributed by atoms with Gasteiger partial charge in [0.25, 0.3) is 5.91 Å². The Morgan fingerprint density at radius 2 is 1.93 bits per heavy atom. The number of hydrogen-bond acceptors (Lipinski definition) is 5. The topological polar surface area (TPSA) is 76.6 Å². The van der Waals surface area contributed by atoms with Crippen LogP contribution in [0.2, 0.25) is 0 Å². The van der Waals surface area contributed by atoms with E-state index in [4.69, 9.17) is 4.74 Å². The Morgan fingerprint density at radius 3 is 2.69 bits per heavy atom. The maximum absolute atomic E-state index is 12.6. The summed E-state index contributed by atoms with van der Waals surface area (Å²) in [4.78, 5) is 43.0. The summed E-state index contributed by atoms with van der Waals surface area (Å²) >= 11 is 0. The van der Waals surface area contributed by atoms with E-state index in [1.807, 2.05) is 12.1 Å². The summed E-state index contributed by atoms with van der Waals surface area (Å²) in [7, 11) is 0. The summed E-state index contributed by atoms with van der Waals surface area (Å²) in [5.74, 6) is -0.677. The van der Waals surface area contributed by atoms with Gasteiger partial charge in [0.15, 0.2) is 0 Å². The molecule has 0 aromatic carbocycles. The van der Waals surface area contributed by atoms with E-state index in [0.717, 1.165) is 24.8 Å². The third-order valence-electron chi connectivity index (χ3n) is 6.11. The number of amides is 1. The molecular formula is C23H32N2O4. The number of aromatic nitrogens is 1. The minimum atomic E-state index is -0.612. The van der Waals surface area contributed by atoms with E-state index >= 15 is 0 Å². The van der Waals surface area contributed by atoms with Gasteiger partial charge in [-0.3, -0.25) is 14.6 Å². The molecule has 1 atom stereocenters. The van der Waals surface area contributed by atoms with Gasteiger partial charge in [0.2, 0.25) is 5.78 Å². The molecule has 2 heterocycles. The number of ketones is 1. The maximum atomic E-state index is 12.6. The smallest absolute Gasteiger partial charge is 0.328 e. The lowest BCUT2D eigenvalue weighted by Crippen LogP contribution is -2.44. The Kier molecular flexibility index (Phi) is 8.20. The molecule has 1 saturated carbocycles. The van der Waals surface area contributed by atoms with E-state index in [0.29, 0.717) is 38.3 Å². The van der Waals surface area contributed by atoms with Crippen molar-refractivity contribution in [3.8, 4) is 0 Å². The SMILES string of the molecule is O=C(CCC1CCCCC1)C(=O)N1CCC[C@H]1C(=O)OCCCc1cccnc1. The average molecular weight is 401 g/mol. The van der Waals surface area contributed by atoms with Crippen molar-refractivity contribution in [3.63, 3.8) is 0 Å². The molecule has 3 rings (SSSR count). The predicted octanol–water partition coefficient (Wildman–Crippen LogP) is 3.48. The molecule has 1 aliphatic carbocycles. The zero-order valence-corrected chi connectivity index (χ0v) is 17.2. The van der Waals surface area contributed by atoms with Crippen molar-refractivity contribution in [2.45, 2.75) is 76.7 Å². The first-order valence-corrected chi connectivity index (χ1v) is 11.0. The predicted molar refractivity (Wildman–Crippen MR) is 109 cm³/mol. The number of rotatable bonds is 9. The van der Waals surface area contributed by atoms with Crippen LogP contribution in [0.25, 0.3) is 0 Å². The number of carbonyl (C=O) groups excluding carboxylic acids is 3. The largest absolute Gasteiger partial charge is 0.464 e. The number of Topliss-reactive ketones (excluding diaryl/α,β-unsaturated/α-hetero) is 1. The van der Waals surface area contributed by atoms with Crippen molar-refractivity contribution in [2.24, 2.45) is 5.92 Å². The molecule has 1 aromatic rings. The Hall–Kier alpha value is -2.24. The molecule has 0 N–H and O–H groups in total. The van der Waals surface area contributed by atoms with Gasteiger partial charge in [0, 0.05) is 25.4 Å². The first-order chi connectivity index (χ1) is 14.1. The molecule has 2 fully saturated rings. The van der Waals surface area contributed by atoms with Gasteiger partial charge in [-0.15, -0.1) is 0 Å². The summed E-state index contributed by atoms with van der Waals surface area (Å²) in [6, 6.07) is 3.26. The standard InChI is InChI=1S/C23H32N2O4/c26-21(13-12-18-7-2-1-3-8-18)22(27)25-15-5-11-20(25)23(28)29-16-6-10-19-9-4-14-24-17-19/h4,9,14,17-18,20H,1-3,5-8,10-13,15-16H2/t20-/m0/s1. The Balaban J connectivity index is 1.40. The number of aryl methyl sites for hydroxylation is 1. The fourth-order valence-corrected chi connectivity index (χ4v) is 4.42. The quantitative estimate of drug-likeness (QED) is 0.360. The third-order valence-corrected chi connectivity index (χ3v) is 6.11. The van der Waals surface area contributed by atoms with Crippen LogP contribution in [0.5, 0.6) is 0 Å². The normalized spacial score (nSPS) is 19.9. The second-order valence-corrected chi connectivity index (χ2v) is 8.25. The minimum absolute atomic E-state index is 0.298. The van der Waals surface area contributed by atoms with Crippen LogP contribution in [0.4, 0.5) is 0 Å². The molecular weight excluding hydrogens is 368 g/mol. The van der Waals surface area contributed by atoms with Crippen LogP contribution in [-0.4, -0.2) is 46.7 Å². The minimum Gasteiger partial charge on any atom is -0.464 e. The van der Waals surface area contributed by atoms with Gasteiger partial charge in [-0.2, -0.15) is 0 Å². The van der Waals surface area contributed by atoms with Gasteiger partial charge in [-0.1, -0.05) is 38.2 Å². The number of esters is 1. The molecule has 0 bridgehead atoms. The molecule has 0 radical (unpaired) electrons. The third kappa shape index (κ3) is 6.38. The van der Waals surface area contributed by atoms with Crippen LogP contribution in [0, 0.1) is 5.92 Å². The highest BCUT2D eigenvalue weighted by Crippen LogP contribution is 2.28. The van der Waals surface area contributed by atoms with Crippen molar-refractivity contribution in [2.75, 3.05) is 13.2 Å². The van der Waals surface area contributed by atoms with E-state index in [1.165, 1.54) is 37.0 Å². The summed E-state index contributed by atoms with van der Waals surface area (Å²) < 4.78 is 5.40. The first kappa shape index (κ1) is 21.5. The van der Waals surface area contributed by atoms with E-state index in [1.54, 1.807) is 12.4 Å². The van der Waals surface area contributed by atoms with Crippen LogP contribution in [0.1, 0.15) is 69.8 Å². The average Bonchev–Trinajstić information content (AvgIpc) is 3.26. The molecule has 0 spiro atoms. The summed E-state index contributed by atoms with van der Waals surface area (Å²) in [5, 5.41) is 0. The van der Waals surface area contributed by atoms with Crippen LogP contribution >= 0.6 is 0 Å². The molecule has 6 nitrogen and oxygen atoms in total. The summed E-state index contributed by atoms with van der Waals surface area (Å²) in [6.45, 7) is 0.769. The summed E-state index contributed by atoms with van der Waals surface area (Å²) in [5.41, 5.74) is 1.10. The number of likely N-dealkylation sites (tertiary alicyclic amines) is 1. The van der Waals surface area contributed by atoms with Gasteiger partial charge in [-0.25, -0.2) is 4.79 Å². The van der Waals surface area contributed by atoms with Gasteiger partial charge < -0.3 is 9.64 Å². The summed E-state index contributed by atoms with van der Waals surface area (Å²) in [6.07, 6.45) is 13.5. The molecule has 6 heteroatoms. The van der Waals surface area contributed by atoms with Crippen molar-refractivity contribution in [1.82, 2.24) is 9.88 Å². The number of hydrogen-bond donors (Lipinski definition) is 0. The monoisotopic (exact) mass is 400 g/mol. The number of ether oxygens (including phenoxy) is 1. The van der Waals surface area contributed by atoms with Gasteiger partial charge in [0.05, 0.1) is 6.61 Å². The Bertz CT molecular complexity index is 685. The molecule has 2 aliphatic rings. The molecule has 1 aliphatic heterocycles. The molecule has 1 amide bonds. The van der Waals surface area contributed by atoms with Crippen molar-refractivity contribution >= 4 is 17.7 Å². The zero-order valence-electron chi connectivity index (χ0n) is 17.2. The highest BCUT2D eigenvalue weighted by atomic mass is 16.5. The highest BCUT2D eigenvalue weighted by molar-refractivity contribution is 6.36. The fourth-order valence-electron chi connectivity index (χ4n) is 4.42. The second-order valence-electron chi connectivity index (χ2n) is 8.25. The van der Waals surface area contributed by atoms with Crippen molar-refractivity contribution < 1.29 is 19.1 Å². The van der Waals surface area contributed by atoms with Gasteiger partial charge >= 0.3 is 5.97 Å². The van der Waals surface area contributed by atoms with E-state index < -0.39 is 11.9 Å². The molecule has 1 aromatic heterocycles. The van der Waals surface area contributed by atoms with Crippen molar-refractivity contribution in [3.05, 3.63) is 30.1 Å².